The van der Waals surface area contributed by atoms with Gasteiger partial charge in [0.2, 0.25) is 0 Å². The van der Waals surface area contributed by atoms with E-state index in [4.69, 9.17) is 4.74 Å². The zero-order chi connectivity index (χ0) is 15.1. The standard InChI is InChI=1S/C14H14O4S2Se/c15-14(13-8-4-10-19-13)18-9-5-11-21-20(16,17)12-6-2-1-3-7-12/h1-4,6-8,10H,5,9,11H2. The zero-order valence-electron chi connectivity index (χ0n) is 11.1. The molecule has 0 unspecified atom stereocenters. The van der Waals surface area contributed by atoms with Crippen molar-refractivity contribution in [2.75, 3.05) is 6.61 Å². The molecule has 4 nitrogen and oxygen atoms in total. The van der Waals surface area contributed by atoms with Gasteiger partial charge in [-0.2, -0.15) is 0 Å². The van der Waals surface area contributed by atoms with Gasteiger partial charge in [-0.3, -0.25) is 0 Å². The summed E-state index contributed by atoms with van der Waals surface area (Å²) in [5, 5.41) is 2.34. The van der Waals surface area contributed by atoms with Crippen molar-refractivity contribution in [1.29, 1.82) is 0 Å². The second-order valence-corrected chi connectivity index (χ2v) is 11.7. The molecular weight excluding hydrogens is 375 g/mol. The van der Waals surface area contributed by atoms with Gasteiger partial charge < -0.3 is 0 Å². The van der Waals surface area contributed by atoms with Crippen LogP contribution >= 0.6 is 11.3 Å². The van der Waals surface area contributed by atoms with Crippen molar-refractivity contribution in [3.63, 3.8) is 0 Å². The molecule has 0 radical (unpaired) electrons. The van der Waals surface area contributed by atoms with Gasteiger partial charge in [-0.15, -0.1) is 0 Å². The van der Waals surface area contributed by atoms with Crippen LogP contribution in [0.3, 0.4) is 0 Å². The number of carbonyl (C=O) groups excluding carboxylic acids is 1. The Morgan fingerprint density at radius 1 is 1.14 bits per heavy atom. The number of esters is 1. The SMILES string of the molecule is O=C(OCCC[Se]S(=O)(=O)c1ccccc1)c1cccs1. The summed E-state index contributed by atoms with van der Waals surface area (Å²) in [6, 6.07) is 11.9. The molecule has 1 aromatic heterocycles. The van der Waals surface area contributed by atoms with Crippen LogP contribution in [0.1, 0.15) is 16.1 Å². The Labute approximate surface area is 133 Å². The normalized spacial score (nSPS) is 11.2. The summed E-state index contributed by atoms with van der Waals surface area (Å²) in [7, 11) is -3.18. The summed E-state index contributed by atoms with van der Waals surface area (Å²) >= 11 is 0.792. The van der Waals surface area contributed by atoms with Gasteiger partial charge in [-0.25, -0.2) is 0 Å². The fourth-order valence-corrected chi connectivity index (χ4v) is 7.02. The summed E-state index contributed by atoms with van der Waals surface area (Å²) in [5.74, 6) is -0.344. The summed E-state index contributed by atoms with van der Waals surface area (Å²) < 4.78 is 29.2. The van der Waals surface area contributed by atoms with Crippen molar-refractivity contribution in [3.05, 3.63) is 52.7 Å². The number of benzene rings is 1. The van der Waals surface area contributed by atoms with E-state index in [0.29, 0.717) is 21.5 Å². The van der Waals surface area contributed by atoms with Crippen LogP contribution in [0.15, 0.2) is 52.7 Å². The first-order valence-electron chi connectivity index (χ1n) is 6.25. The van der Waals surface area contributed by atoms with Crippen molar-refractivity contribution < 1.29 is 17.9 Å². The molecule has 0 spiro atoms. The van der Waals surface area contributed by atoms with Crippen LogP contribution in [-0.2, 0) is 13.0 Å². The Morgan fingerprint density at radius 2 is 1.90 bits per heavy atom. The minimum absolute atomic E-state index is 0.253. The fourth-order valence-electron chi connectivity index (χ4n) is 1.51. The Morgan fingerprint density at radius 3 is 2.57 bits per heavy atom. The molecule has 0 amide bonds. The summed E-state index contributed by atoms with van der Waals surface area (Å²) in [6.45, 7) is 0.253. The Hall–Kier alpha value is -1.14. The Bertz CT molecular complexity index is 666. The minimum atomic E-state index is -3.18. The van der Waals surface area contributed by atoms with Gasteiger partial charge in [0.05, 0.1) is 0 Å². The van der Waals surface area contributed by atoms with Gasteiger partial charge in [0, 0.05) is 0 Å². The monoisotopic (exact) mass is 390 g/mol. The number of thiophene rings is 1. The van der Waals surface area contributed by atoms with Crippen LogP contribution in [0.25, 0.3) is 0 Å². The molecule has 0 aliphatic heterocycles. The summed E-state index contributed by atoms with van der Waals surface area (Å²) in [6.07, 6.45) is 0.559. The predicted octanol–water partition coefficient (Wildman–Crippen LogP) is 2.81. The molecule has 112 valence electrons. The third-order valence-corrected chi connectivity index (χ3v) is 9.51. The number of carbonyl (C=O) groups is 1. The Balaban J connectivity index is 1.72. The molecule has 7 heteroatoms. The average molecular weight is 389 g/mol. The van der Waals surface area contributed by atoms with E-state index in [1.807, 2.05) is 5.38 Å². The molecule has 0 bridgehead atoms. The van der Waals surface area contributed by atoms with Gasteiger partial charge in [-0.05, 0) is 0 Å². The molecular formula is C14H14O4S2Se. The van der Waals surface area contributed by atoms with Crippen molar-refractivity contribution in [2.45, 2.75) is 16.6 Å². The molecule has 2 aromatic rings. The average Bonchev–Trinajstić information content (AvgIpc) is 3.02. The molecule has 1 aromatic carbocycles. The first-order valence-corrected chi connectivity index (χ1v) is 11.8. The van der Waals surface area contributed by atoms with E-state index in [1.165, 1.54) is 11.3 Å². The third-order valence-electron chi connectivity index (χ3n) is 2.51. The second-order valence-electron chi connectivity index (χ2n) is 4.06. The van der Waals surface area contributed by atoms with Gasteiger partial charge in [-0.1, -0.05) is 0 Å². The van der Waals surface area contributed by atoms with E-state index in [2.05, 4.69) is 0 Å². The van der Waals surface area contributed by atoms with Gasteiger partial charge in [0.15, 0.2) is 0 Å². The molecule has 0 saturated carbocycles. The maximum absolute atomic E-state index is 12.0. The quantitative estimate of drug-likeness (QED) is 0.415. The van der Waals surface area contributed by atoms with Crippen LogP contribution in [0.4, 0.5) is 0 Å². The first-order chi connectivity index (χ1) is 10.1. The molecule has 2 rings (SSSR count). The third kappa shape index (κ3) is 4.96. The van der Waals surface area contributed by atoms with Crippen LogP contribution in [-0.4, -0.2) is 34.8 Å². The topological polar surface area (TPSA) is 60.4 Å². The van der Waals surface area contributed by atoms with E-state index >= 15 is 0 Å². The van der Waals surface area contributed by atoms with E-state index < -0.39 is 22.1 Å². The van der Waals surface area contributed by atoms with E-state index in [9.17, 15) is 13.2 Å². The maximum atomic E-state index is 12.0. The predicted molar refractivity (Wildman–Crippen MR) is 83.4 cm³/mol. The fraction of sp³-hybridized carbons (Fsp3) is 0.214. The van der Waals surface area contributed by atoms with E-state index in [-0.39, 0.29) is 12.6 Å². The molecule has 0 N–H and O–H groups in total. The van der Waals surface area contributed by atoms with Crippen LogP contribution in [0.5, 0.6) is 0 Å². The van der Waals surface area contributed by atoms with Gasteiger partial charge in [0.1, 0.15) is 0 Å². The Kier molecular flexibility index (Phi) is 5.99. The molecule has 0 fully saturated rings. The second kappa shape index (κ2) is 7.75. The number of ether oxygens (including phenoxy) is 1. The number of hydrogen-bond acceptors (Lipinski definition) is 5. The van der Waals surface area contributed by atoms with Crippen LogP contribution in [0, 0.1) is 0 Å². The van der Waals surface area contributed by atoms with Gasteiger partial charge >= 0.3 is 133 Å². The number of hydrogen-bond donors (Lipinski definition) is 0. The molecule has 1 heterocycles. The van der Waals surface area contributed by atoms with Crippen molar-refractivity contribution >= 4 is 39.4 Å². The van der Waals surface area contributed by atoms with Crippen LogP contribution < -0.4 is 0 Å². The number of rotatable bonds is 7. The molecule has 0 atom stereocenters. The van der Waals surface area contributed by atoms with Crippen molar-refractivity contribution in [1.82, 2.24) is 0 Å². The molecule has 0 saturated heterocycles. The first kappa shape index (κ1) is 16.2. The molecule has 0 aliphatic rings. The van der Waals surface area contributed by atoms with E-state index in [0.717, 1.165) is 0 Å². The molecule has 0 aliphatic carbocycles. The zero-order valence-corrected chi connectivity index (χ0v) is 14.4. The van der Waals surface area contributed by atoms with Gasteiger partial charge in [0.25, 0.3) is 0 Å². The van der Waals surface area contributed by atoms with Crippen molar-refractivity contribution in [3.8, 4) is 0 Å². The van der Waals surface area contributed by atoms with E-state index in [1.54, 1.807) is 42.5 Å². The molecule has 21 heavy (non-hydrogen) atoms. The summed E-state index contributed by atoms with van der Waals surface area (Å²) in [5.41, 5.74) is 0. The van der Waals surface area contributed by atoms with Crippen molar-refractivity contribution in [2.24, 2.45) is 0 Å². The summed E-state index contributed by atoms with van der Waals surface area (Å²) in [4.78, 5) is 12.5. The van der Waals surface area contributed by atoms with Crippen LogP contribution in [0.2, 0.25) is 5.32 Å².